The predicted octanol–water partition coefficient (Wildman–Crippen LogP) is 3.35. The van der Waals surface area contributed by atoms with Crippen molar-refractivity contribution in [3.05, 3.63) is 34.3 Å². The average molecular weight is 256 g/mol. The fraction of sp³-hybridized carbons (Fsp3) is 0.364. The highest BCUT2D eigenvalue weighted by Crippen LogP contribution is 2.26. The zero-order valence-electron chi connectivity index (χ0n) is 8.60. The molecule has 0 heterocycles. The van der Waals surface area contributed by atoms with E-state index in [0.29, 0.717) is 0 Å². The third kappa shape index (κ3) is 2.15. The van der Waals surface area contributed by atoms with Crippen LogP contribution in [0.1, 0.15) is 19.4 Å². The number of hydrogen-bond donors (Lipinski definition) is 1. The maximum Gasteiger partial charge on any atom is 0.190 e. The highest BCUT2D eigenvalue weighted by molar-refractivity contribution is 9.10. The van der Waals surface area contributed by atoms with Gasteiger partial charge in [-0.25, -0.2) is 0 Å². The van der Waals surface area contributed by atoms with Crippen LogP contribution < -0.4 is 0 Å². The molecule has 0 atom stereocenters. The molecule has 1 rings (SSSR count). The summed E-state index contributed by atoms with van der Waals surface area (Å²) in [5.74, 6) is 0.274. The second-order valence-corrected chi connectivity index (χ2v) is 4.58. The summed E-state index contributed by atoms with van der Waals surface area (Å²) in [7, 11) is 1.53. The maximum absolute atomic E-state index is 7.71. The molecule has 1 N–H and O–H groups in total. The van der Waals surface area contributed by atoms with E-state index in [1.165, 1.54) is 7.11 Å². The third-order valence-corrected chi connectivity index (χ3v) is 2.81. The van der Waals surface area contributed by atoms with E-state index in [2.05, 4.69) is 15.9 Å². The van der Waals surface area contributed by atoms with E-state index in [9.17, 15) is 0 Å². The summed E-state index contributed by atoms with van der Waals surface area (Å²) in [4.78, 5) is 0. The summed E-state index contributed by atoms with van der Waals surface area (Å²) in [6.07, 6.45) is 0. The van der Waals surface area contributed by atoms with E-state index in [0.717, 1.165) is 10.0 Å². The normalized spacial score (nSPS) is 11.1. The van der Waals surface area contributed by atoms with Crippen LogP contribution in [0.2, 0.25) is 0 Å². The van der Waals surface area contributed by atoms with Gasteiger partial charge in [-0.2, -0.15) is 0 Å². The first-order valence-electron chi connectivity index (χ1n) is 4.37. The van der Waals surface area contributed by atoms with E-state index in [4.69, 9.17) is 10.1 Å². The van der Waals surface area contributed by atoms with Crippen molar-refractivity contribution in [1.82, 2.24) is 0 Å². The molecule has 3 heteroatoms. The fourth-order valence-corrected chi connectivity index (χ4v) is 1.66. The van der Waals surface area contributed by atoms with Crippen LogP contribution in [0.15, 0.2) is 28.7 Å². The van der Waals surface area contributed by atoms with Crippen LogP contribution in [-0.4, -0.2) is 13.0 Å². The number of benzene rings is 1. The first-order chi connectivity index (χ1) is 6.48. The minimum atomic E-state index is -0.376. The van der Waals surface area contributed by atoms with Crippen molar-refractivity contribution in [2.45, 2.75) is 19.3 Å². The van der Waals surface area contributed by atoms with Crippen molar-refractivity contribution >= 4 is 21.8 Å². The molecule has 0 saturated heterocycles. The van der Waals surface area contributed by atoms with E-state index in [1.54, 1.807) is 0 Å². The lowest BCUT2D eigenvalue weighted by Gasteiger charge is -2.24. The Morgan fingerprint density at radius 3 is 2.57 bits per heavy atom. The van der Waals surface area contributed by atoms with Gasteiger partial charge in [0, 0.05) is 4.47 Å². The first kappa shape index (κ1) is 11.2. The van der Waals surface area contributed by atoms with Gasteiger partial charge in [0.1, 0.15) is 0 Å². The Bertz CT molecular complexity index is 347. The van der Waals surface area contributed by atoms with E-state index >= 15 is 0 Å². The number of halogens is 1. The molecule has 0 aliphatic rings. The van der Waals surface area contributed by atoms with Gasteiger partial charge in [0.2, 0.25) is 0 Å². The van der Waals surface area contributed by atoms with E-state index < -0.39 is 0 Å². The van der Waals surface area contributed by atoms with Crippen molar-refractivity contribution in [1.29, 1.82) is 5.41 Å². The van der Waals surface area contributed by atoms with Crippen molar-refractivity contribution in [3.63, 3.8) is 0 Å². The summed E-state index contributed by atoms with van der Waals surface area (Å²) < 4.78 is 6.00. The largest absolute Gasteiger partial charge is 0.484 e. The van der Waals surface area contributed by atoms with Gasteiger partial charge in [0.25, 0.3) is 0 Å². The molecule has 1 aromatic rings. The molecule has 0 aliphatic heterocycles. The highest BCUT2D eigenvalue weighted by atomic mass is 79.9. The molecule has 0 amide bonds. The van der Waals surface area contributed by atoms with Crippen LogP contribution in [0.25, 0.3) is 0 Å². The maximum atomic E-state index is 7.71. The summed E-state index contributed by atoms with van der Waals surface area (Å²) in [5, 5.41) is 7.71. The molecule has 0 radical (unpaired) electrons. The quantitative estimate of drug-likeness (QED) is 0.638. The zero-order valence-corrected chi connectivity index (χ0v) is 10.2. The van der Waals surface area contributed by atoms with Crippen LogP contribution in [0.4, 0.5) is 0 Å². The first-order valence-corrected chi connectivity index (χ1v) is 5.17. The third-order valence-electron chi connectivity index (χ3n) is 2.32. The SMILES string of the molecule is COC(=N)C(C)(C)c1cccc(Br)c1. The molecular formula is C11H14BrNO. The Hall–Kier alpha value is -0.830. The lowest BCUT2D eigenvalue weighted by Crippen LogP contribution is -2.29. The number of nitrogens with one attached hydrogen (secondary N) is 1. The molecule has 14 heavy (non-hydrogen) atoms. The fourth-order valence-electron chi connectivity index (χ4n) is 1.26. The van der Waals surface area contributed by atoms with Gasteiger partial charge >= 0.3 is 0 Å². The molecule has 0 bridgehead atoms. The van der Waals surface area contributed by atoms with Gasteiger partial charge < -0.3 is 4.74 Å². The molecule has 0 spiro atoms. The van der Waals surface area contributed by atoms with Gasteiger partial charge in [-0.15, -0.1) is 0 Å². The molecule has 0 aromatic heterocycles. The van der Waals surface area contributed by atoms with Crippen molar-refractivity contribution in [3.8, 4) is 0 Å². The Morgan fingerprint density at radius 2 is 2.07 bits per heavy atom. The predicted molar refractivity (Wildman–Crippen MR) is 61.9 cm³/mol. The highest BCUT2D eigenvalue weighted by Gasteiger charge is 2.27. The second-order valence-electron chi connectivity index (χ2n) is 3.67. The number of hydrogen-bond acceptors (Lipinski definition) is 2. The van der Waals surface area contributed by atoms with Gasteiger partial charge in [-0.05, 0) is 31.5 Å². The molecular weight excluding hydrogens is 242 g/mol. The zero-order chi connectivity index (χ0) is 10.8. The summed E-state index contributed by atoms with van der Waals surface area (Å²) in [6, 6.07) is 7.94. The minimum absolute atomic E-state index is 0.274. The average Bonchev–Trinajstić information content (AvgIpc) is 2.16. The topological polar surface area (TPSA) is 33.1 Å². The van der Waals surface area contributed by atoms with Crippen molar-refractivity contribution in [2.24, 2.45) is 0 Å². The second kappa shape index (κ2) is 4.13. The molecule has 0 unspecified atom stereocenters. The van der Waals surface area contributed by atoms with Gasteiger partial charge in [-0.3, -0.25) is 5.41 Å². The summed E-state index contributed by atoms with van der Waals surface area (Å²) >= 11 is 3.41. The van der Waals surface area contributed by atoms with Crippen LogP contribution in [-0.2, 0) is 10.2 Å². The molecule has 76 valence electrons. The summed E-state index contributed by atoms with van der Waals surface area (Å²) in [6.45, 7) is 3.95. The lowest BCUT2D eigenvalue weighted by molar-refractivity contribution is 0.356. The van der Waals surface area contributed by atoms with E-state index in [-0.39, 0.29) is 11.3 Å². The molecule has 0 saturated carbocycles. The Labute approximate surface area is 92.9 Å². The Kier molecular flexibility index (Phi) is 3.32. The lowest BCUT2D eigenvalue weighted by atomic mass is 9.84. The standard InChI is InChI=1S/C11H14BrNO/c1-11(2,10(13)14-3)8-5-4-6-9(12)7-8/h4-7,13H,1-3H3. The van der Waals surface area contributed by atoms with Crippen molar-refractivity contribution < 1.29 is 4.74 Å². The van der Waals surface area contributed by atoms with Crippen LogP contribution in [0.5, 0.6) is 0 Å². The Morgan fingerprint density at radius 1 is 1.43 bits per heavy atom. The summed E-state index contributed by atoms with van der Waals surface area (Å²) in [5.41, 5.74) is 0.692. The van der Waals surface area contributed by atoms with E-state index in [1.807, 2.05) is 38.1 Å². The van der Waals surface area contributed by atoms with Crippen LogP contribution in [0.3, 0.4) is 0 Å². The number of rotatable bonds is 2. The van der Waals surface area contributed by atoms with Crippen molar-refractivity contribution in [2.75, 3.05) is 7.11 Å². The monoisotopic (exact) mass is 255 g/mol. The van der Waals surface area contributed by atoms with Crippen LogP contribution >= 0.6 is 15.9 Å². The van der Waals surface area contributed by atoms with Gasteiger partial charge in [0.15, 0.2) is 5.90 Å². The van der Waals surface area contributed by atoms with Gasteiger partial charge in [-0.1, -0.05) is 28.1 Å². The Balaban J connectivity index is 3.09. The van der Waals surface area contributed by atoms with Gasteiger partial charge in [0.05, 0.1) is 12.5 Å². The molecule has 1 aromatic carbocycles. The molecule has 0 fully saturated rings. The molecule has 2 nitrogen and oxygen atoms in total. The van der Waals surface area contributed by atoms with Crippen LogP contribution in [0, 0.1) is 5.41 Å². The number of methoxy groups -OCH3 is 1. The minimum Gasteiger partial charge on any atom is -0.484 e. The molecule has 0 aliphatic carbocycles. The smallest absolute Gasteiger partial charge is 0.190 e. The number of ether oxygens (including phenoxy) is 1.